The van der Waals surface area contributed by atoms with Crippen LogP contribution in [-0.4, -0.2) is 11.2 Å². The summed E-state index contributed by atoms with van der Waals surface area (Å²) in [6.45, 7) is 2.22. The lowest BCUT2D eigenvalue weighted by atomic mass is 10.1. The van der Waals surface area contributed by atoms with Crippen molar-refractivity contribution >= 4 is 11.3 Å². The van der Waals surface area contributed by atoms with Gasteiger partial charge in [0.2, 0.25) is 0 Å². The van der Waals surface area contributed by atoms with Gasteiger partial charge in [0, 0.05) is 4.88 Å². The molecule has 0 saturated heterocycles. The molecule has 1 unspecified atom stereocenters. The second-order valence-corrected chi connectivity index (χ2v) is 5.15. The van der Waals surface area contributed by atoms with Crippen LogP contribution >= 0.6 is 11.3 Å². The number of thiophene rings is 1. The van der Waals surface area contributed by atoms with Gasteiger partial charge in [0.25, 0.3) is 0 Å². The maximum Gasteiger partial charge on any atom is 0.0543 e. The molecule has 0 amide bonds. The first-order chi connectivity index (χ1) is 7.33. The van der Waals surface area contributed by atoms with E-state index in [9.17, 15) is 5.11 Å². The molecule has 0 radical (unpaired) electrons. The van der Waals surface area contributed by atoms with Crippen molar-refractivity contribution < 1.29 is 5.11 Å². The highest BCUT2D eigenvalue weighted by Crippen LogP contribution is 2.14. The first kappa shape index (κ1) is 12.7. The predicted molar refractivity (Wildman–Crippen MR) is 67.4 cm³/mol. The monoisotopic (exact) mass is 226 g/mol. The average Bonchev–Trinajstić information content (AvgIpc) is 2.74. The fourth-order valence-electron chi connectivity index (χ4n) is 1.71. The summed E-state index contributed by atoms with van der Waals surface area (Å²) in [5, 5.41) is 11.9. The molecule has 0 fully saturated rings. The van der Waals surface area contributed by atoms with Crippen LogP contribution in [0.15, 0.2) is 17.5 Å². The maximum absolute atomic E-state index is 9.75. The zero-order chi connectivity index (χ0) is 10.9. The van der Waals surface area contributed by atoms with Crippen LogP contribution in [0.2, 0.25) is 0 Å². The molecule has 1 rings (SSSR count). The Kier molecular flexibility index (Phi) is 6.69. The SMILES string of the molecule is CCCCCCC(O)CCc1cccs1. The van der Waals surface area contributed by atoms with Crippen molar-refractivity contribution in [3.8, 4) is 0 Å². The van der Waals surface area contributed by atoms with E-state index in [4.69, 9.17) is 0 Å². The molecule has 0 bridgehead atoms. The molecule has 1 N–H and O–H groups in total. The largest absolute Gasteiger partial charge is 0.393 e. The van der Waals surface area contributed by atoms with E-state index in [0.717, 1.165) is 19.3 Å². The van der Waals surface area contributed by atoms with Gasteiger partial charge >= 0.3 is 0 Å². The third-order valence-electron chi connectivity index (χ3n) is 2.69. The van der Waals surface area contributed by atoms with Crippen LogP contribution in [0.1, 0.15) is 50.3 Å². The fraction of sp³-hybridized carbons (Fsp3) is 0.692. The molecule has 1 nitrogen and oxygen atoms in total. The van der Waals surface area contributed by atoms with Crippen LogP contribution in [-0.2, 0) is 6.42 Å². The molecule has 1 aromatic heterocycles. The smallest absolute Gasteiger partial charge is 0.0543 e. The summed E-state index contributed by atoms with van der Waals surface area (Å²) in [6.07, 6.45) is 7.86. The average molecular weight is 226 g/mol. The molecule has 0 aliphatic rings. The van der Waals surface area contributed by atoms with Gasteiger partial charge in [-0.3, -0.25) is 0 Å². The Morgan fingerprint density at radius 2 is 2.13 bits per heavy atom. The molecule has 1 atom stereocenters. The summed E-state index contributed by atoms with van der Waals surface area (Å²) in [6, 6.07) is 4.22. The Balaban J connectivity index is 2.01. The third-order valence-corrected chi connectivity index (χ3v) is 3.63. The normalized spacial score (nSPS) is 12.9. The molecule has 86 valence electrons. The fourth-order valence-corrected chi connectivity index (χ4v) is 2.44. The molecule has 0 spiro atoms. The number of aliphatic hydroxyl groups excluding tert-OH is 1. The van der Waals surface area contributed by atoms with Gasteiger partial charge in [-0.15, -0.1) is 11.3 Å². The molecule has 2 heteroatoms. The molecule has 0 saturated carbocycles. The Morgan fingerprint density at radius 3 is 2.80 bits per heavy atom. The summed E-state index contributed by atoms with van der Waals surface area (Å²) in [7, 11) is 0. The van der Waals surface area contributed by atoms with Gasteiger partial charge in [-0.2, -0.15) is 0 Å². The standard InChI is InChI=1S/C13H22OS/c1-2-3-4-5-7-12(14)9-10-13-8-6-11-15-13/h6,8,11-12,14H,2-5,7,9-10H2,1H3. The quantitative estimate of drug-likeness (QED) is 0.664. The van der Waals surface area contributed by atoms with Gasteiger partial charge in [0.15, 0.2) is 0 Å². The molecule has 0 aromatic carbocycles. The van der Waals surface area contributed by atoms with E-state index < -0.39 is 0 Å². The van der Waals surface area contributed by atoms with E-state index in [2.05, 4.69) is 24.4 Å². The molecular formula is C13H22OS. The van der Waals surface area contributed by atoms with E-state index in [-0.39, 0.29) is 6.10 Å². The number of rotatable bonds is 8. The van der Waals surface area contributed by atoms with Crippen molar-refractivity contribution in [1.82, 2.24) is 0 Å². The second-order valence-electron chi connectivity index (χ2n) is 4.12. The summed E-state index contributed by atoms with van der Waals surface area (Å²) < 4.78 is 0. The van der Waals surface area contributed by atoms with Crippen LogP contribution in [0.4, 0.5) is 0 Å². The zero-order valence-electron chi connectivity index (χ0n) is 9.61. The van der Waals surface area contributed by atoms with Gasteiger partial charge in [0.05, 0.1) is 6.10 Å². The lowest BCUT2D eigenvalue weighted by Crippen LogP contribution is -2.07. The Labute approximate surface area is 97.2 Å². The number of hydrogen-bond donors (Lipinski definition) is 1. The van der Waals surface area contributed by atoms with Crippen LogP contribution in [0, 0.1) is 0 Å². The van der Waals surface area contributed by atoms with Crippen molar-refractivity contribution in [2.45, 2.75) is 58.0 Å². The van der Waals surface area contributed by atoms with Gasteiger partial charge in [-0.1, -0.05) is 38.7 Å². The van der Waals surface area contributed by atoms with Crippen molar-refractivity contribution in [2.75, 3.05) is 0 Å². The molecule has 15 heavy (non-hydrogen) atoms. The van der Waals surface area contributed by atoms with E-state index in [1.165, 1.54) is 30.6 Å². The highest BCUT2D eigenvalue weighted by molar-refractivity contribution is 7.09. The Bertz CT molecular complexity index is 231. The van der Waals surface area contributed by atoms with E-state index in [1.54, 1.807) is 11.3 Å². The summed E-state index contributed by atoms with van der Waals surface area (Å²) in [4.78, 5) is 1.39. The Morgan fingerprint density at radius 1 is 1.27 bits per heavy atom. The summed E-state index contributed by atoms with van der Waals surface area (Å²) in [5.41, 5.74) is 0. The van der Waals surface area contributed by atoms with E-state index in [1.807, 2.05) is 0 Å². The number of hydrogen-bond acceptors (Lipinski definition) is 2. The minimum absolute atomic E-state index is 0.0936. The first-order valence-electron chi connectivity index (χ1n) is 6.03. The number of unbranched alkanes of at least 4 members (excludes halogenated alkanes) is 3. The zero-order valence-corrected chi connectivity index (χ0v) is 10.4. The van der Waals surface area contributed by atoms with Gasteiger partial charge < -0.3 is 5.11 Å². The maximum atomic E-state index is 9.75. The predicted octanol–water partition coefficient (Wildman–Crippen LogP) is 4.01. The molecular weight excluding hydrogens is 204 g/mol. The van der Waals surface area contributed by atoms with Crippen molar-refractivity contribution in [1.29, 1.82) is 0 Å². The van der Waals surface area contributed by atoms with Crippen LogP contribution in [0.3, 0.4) is 0 Å². The number of aryl methyl sites for hydroxylation is 1. The van der Waals surface area contributed by atoms with Crippen molar-refractivity contribution in [3.05, 3.63) is 22.4 Å². The van der Waals surface area contributed by atoms with Crippen LogP contribution < -0.4 is 0 Å². The van der Waals surface area contributed by atoms with Gasteiger partial charge in [-0.05, 0) is 30.7 Å². The minimum atomic E-state index is -0.0936. The van der Waals surface area contributed by atoms with Gasteiger partial charge in [-0.25, -0.2) is 0 Å². The van der Waals surface area contributed by atoms with Crippen molar-refractivity contribution in [3.63, 3.8) is 0 Å². The highest BCUT2D eigenvalue weighted by Gasteiger charge is 2.04. The van der Waals surface area contributed by atoms with Crippen LogP contribution in [0.5, 0.6) is 0 Å². The topological polar surface area (TPSA) is 20.2 Å². The highest BCUT2D eigenvalue weighted by atomic mass is 32.1. The summed E-state index contributed by atoms with van der Waals surface area (Å²) >= 11 is 1.79. The van der Waals surface area contributed by atoms with E-state index >= 15 is 0 Å². The molecule has 0 aliphatic carbocycles. The van der Waals surface area contributed by atoms with Crippen LogP contribution in [0.25, 0.3) is 0 Å². The van der Waals surface area contributed by atoms with Gasteiger partial charge in [0.1, 0.15) is 0 Å². The lowest BCUT2D eigenvalue weighted by Gasteiger charge is -2.09. The number of aliphatic hydroxyl groups is 1. The third kappa shape index (κ3) is 5.95. The lowest BCUT2D eigenvalue weighted by molar-refractivity contribution is 0.151. The molecule has 1 aromatic rings. The first-order valence-corrected chi connectivity index (χ1v) is 6.91. The van der Waals surface area contributed by atoms with Crippen molar-refractivity contribution in [2.24, 2.45) is 0 Å². The molecule has 0 aliphatic heterocycles. The second kappa shape index (κ2) is 7.89. The minimum Gasteiger partial charge on any atom is -0.393 e. The molecule has 1 heterocycles. The summed E-state index contributed by atoms with van der Waals surface area (Å²) in [5.74, 6) is 0. The Hall–Kier alpha value is -0.340. The van der Waals surface area contributed by atoms with E-state index in [0.29, 0.717) is 0 Å².